The molecule has 226 valence electrons. The number of benzene rings is 5. The van der Waals surface area contributed by atoms with Gasteiger partial charge >= 0.3 is 0 Å². The number of aliphatic hydroxyl groups is 1. The molecule has 0 saturated heterocycles. The molecule has 5 nitrogen and oxygen atoms in total. The van der Waals surface area contributed by atoms with Crippen molar-refractivity contribution in [3.8, 4) is 5.75 Å². The molecule has 0 aliphatic rings. The molecule has 0 spiro atoms. The topological polar surface area (TPSA) is 51.2 Å². The minimum absolute atomic E-state index is 0.264. The van der Waals surface area contributed by atoms with Crippen LogP contribution >= 0.6 is 0 Å². The summed E-state index contributed by atoms with van der Waals surface area (Å²) >= 11 is 0. The van der Waals surface area contributed by atoms with Crippen LogP contribution in [0.25, 0.3) is 0 Å². The summed E-state index contributed by atoms with van der Waals surface area (Å²) in [6.07, 6.45) is -0.940. The van der Waals surface area contributed by atoms with E-state index >= 15 is 0 Å². The van der Waals surface area contributed by atoms with Gasteiger partial charge in [-0.1, -0.05) is 133 Å². The first-order valence-corrected chi connectivity index (χ1v) is 15.2. The summed E-state index contributed by atoms with van der Waals surface area (Å²) in [6.45, 7) is 3.69. The SMILES string of the molecule is O[C@H](CN(Cc1ccccc1)Cc1ccccc1)c1cccc(OC[C@@H](COCc2ccccc2)OCc2ccccc2)c1. The smallest absolute Gasteiger partial charge is 0.119 e. The molecule has 1 N–H and O–H groups in total. The van der Waals surface area contributed by atoms with E-state index < -0.39 is 6.10 Å². The molecule has 0 amide bonds. The number of nitrogens with zero attached hydrogens (tertiary/aromatic N) is 1. The highest BCUT2D eigenvalue weighted by atomic mass is 16.6. The lowest BCUT2D eigenvalue weighted by Crippen LogP contribution is -2.28. The lowest BCUT2D eigenvalue weighted by Gasteiger charge is -2.26. The molecule has 0 unspecified atom stereocenters. The van der Waals surface area contributed by atoms with Gasteiger partial charge in [0.1, 0.15) is 18.5 Å². The Morgan fingerprint density at radius 1 is 0.545 bits per heavy atom. The predicted molar refractivity (Wildman–Crippen MR) is 175 cm³/mol. The summed E-state index contributed by atoms with van der Waals surface area (Å²) in [4.78, 5) is 2.28. The van der Waals surface area contributed by atoms with Crippen LogP contribution in [0.4, 0.5) is 0 Å². The zero-order valence-corrected chi connectivity index (χ0v) is 25.1. The normalized spacial score (nSPS) is 12.6. The van der Waals surface area contributed by atoms with Crippen LogP contribution < -0.4 is 4.74 Å². The van der Waals surface area contributed by atoms with Gasteiger partial charge in [0.05, 0.1) is 25.9 Å². The van der Waals surface area contributed by atoms with Crippen LogP contribution in [0.5, 0.6) is 5.75 Å². The molecular weight excluding hydrogens is 546 g/mol. The Balaban J connectivity index is 1.20. The van der Waals surface area contributed by atoms with Gasteiger partial charge in [0.2, 0.25) is 0 Å². The van der Waals surface area contributed by atoms with Crippen molar-refractivity contribution >= 4 is 0 Å². The first-order chi connectivity index (χ1) is 21.7. The van der Waals surface area contributed by atoms with Crippen molar-refractivity contribution in [3.63, 3.8) is 0 Å². The number of aliphatic hydroxyl groups excluding tert-OH is 1. The summed E-state index contributed by atoms with van der Waals surface area (Å²) in [5.41, 5.74) is 5.45. The molecule has 0 aliphatic carbocycles. The van der Waals surface area contributed by atoms with E-state index in [4.69, 9.17) is 14.2 Å². The first kappa shape index (κ1) is 31.2. The fourth-order valence-electron chi connectivity index (χ4n) is 5.03. The summed E-state index contributed by atoms with van der Waals surface area (Å²) in [6, 6.07) is 48.7. The van der Waals surface area contributed by atoms with Crippen molar-refractivity contribution < 1.29 is 19.3 Å². The van der Waals surface area contributed by atoms with Crippen molar-refractivity contribution in [3.05, 3.63) is 173 Å². The van der Waals surface area contributed by atoms with E-state index in [9.17, 15) is 5.11 Å². The molecule has 5 aromatic rings. The van der Waals surface area contributed by atoms with Crippen LogP contribution in [0.2, 0.25) is 0 Å². The summed E-state index contributed by atoms with van der Waals surface area (Å²) in [5.74, 6) is 0.690. The van der Waals surface area contributed by atoms with Crippen LogP contribution in [0.15, 0.2) is 146 Å². The highest BCUT2D eigenvalue weighted by Gasteiger charge is 2.17. The average molecular weight is 588 g/mol. The standard InChI is InChI=1S/C39H41NO4/c41-39(27-40(25-32-14-5-1-6-15-32)26-33-16-7-2-8-17-33)36-22-13-23-37(24-36)44-31-38(43-29-35-20-11-4-12-21-35)30-42-28-34-18-9-3-10-19-34/h1-24,38-39,41H,25-31H2/t38-,39-/m1/s1. The van der Waals surface area contributed by atoms with Crippen molar-refractivity contribution in [2.75, 3.05) is 19.8 Å². The molecule has 0 fully saturated rings. The van der Waals surface area contributed by atoms with Gasteiger partial charge < -0.3 is 19.3 Å². The van der Waals surface area contributed by atoms with Gasteiger partial charge in [-0.25, -0.2) is 0 Å². The van der Waals surface area contributed by atoms with Gasteiger partial charge in [0.25, 0.3) is 0 Å². The summed E-state index contributed by atoms with van der Waals surface area (Å²) < 4.78 is 18.5. The molecule has 5 rings (SSSR count). The Hall–Kier alpha value is -4.26. The van der Waals surface area contributed by atoms with Crippen molar-refractivity contribution in [2.24, 2.45) is 0 Å². The number of hydrogen-bond donors (Lipinski definition) is 1. The third-order valence-electron chi connectivity index (χ3n) is 7.35. The third kappa shape index (κ3) is 10.5. The van der Waals surface area contributed by atoms with Gasteiger partial charge in [-0.3, -0.25) is 4.90 Å². The third-order valence-corrected chi connectivity index (χ3v) is 7.35. The van der Waals surface area contributed by atoms with Crippen LogP contribution in [0, 0.1) is 0 Å². The second-order valence-corrected chi connectivity index (χ2v) is 11.0. The van der Waals surface area contributed by atoms with Crippen LogP contribution in [-0.2, 0) is 35.8 Å². The minimum atomic E-state index is -0.676. The Labute approximate surface area is 261 Å². The highest BCUT2D eigenvalue weighted by molar-refractivity contribution is 5.30. The Morgan fingerprint density at radius 2 is 1.07 bits per heavy atom. The number of ether oxygens (including phenoxy) is 3. The van der Waals surface area contributed by atoms with Gasteiger partial charge in [0.15, 0.2) is 0 Å². The number of hydrogen-bond acceptors (Lipinski definition) is 5. The maximum absolute atomic E-state index is 11.3. The molecule has 0 radical (unpaired) electrons. The zero-order chi connectivity index (χ0) is 30.2. The van der Waals surface area contributed by atoms with E-state index in [-0.39, 0.29) is 6.10 Å². The highest BCUT2D eigenvalue weighted by Crippen LogP contribution is 2.23. The molecule has 0 aliphatic heterocycles. The Kier molecular flexibility index (Phi) is 12.1. The zero-order valence-electron chi connectivity index (χ0n) is 25.1. The van der Waals surface area contributed by atoms with E-state index in [1.165, 1.54) is 11.1 Å². The maximum Gasteiger partial charge on any atom is 0.119 e. The fraction of sp³-hybridized carbons (Fsp3) is 0.231. The molecule has 2 atom stereocenters. The number of rotatable bonds is 17. The largest absolute Gasteiger partial charge is 0.491 e. The monoisotopic (exact) mass is 587 g/mol. The molecule has 0 saturated carbocycles. The van der Waals surface area contributed by atoms with E-state index in [2.05, 4.69) is 53.4 Å². The van der Waals surface area contributed by atoms with E-state index in [1.54, 1.807) is 0 Å². The van der Waals surface area contributed by atoms with E-state index in [0.717, 1.165) is 29.8 Å². The van der Waals surface area contributed by atoms with Gasteiger partial charge in [-0.2, -0.15) is 0 Å². The van der Waals surface area contributed by atoms with Gasteiger partial charge in [-0.15, -0.1) is 0 Å². The van der Waals surface area contributed by atoms with Crippen LogP contribution in [0.1, 0.15) is 33.9 Å². The van der Waals surface area contributed by atoms with E-state index in [0.29, 0.717) is 38.7 Å². The predicted octanol–water partition coefficient (Wildman–Crippen LogP) is 7.60. The molecular formula is C39H41NO4. The lowest BCUT2D eigenvalue weighted by molar-refractivity contribution is -0.0489. The first-order valence-electron chi connectivity index (χ1n) is 15.2. The Bertz CT molecular complexity index is 1440. The van der Waals surface area contributed by atoms with Crippen LogP contribution in [-0.4, -0.2) is 35.9 Å². The van der Waals surface area contributed by atoms with Crippen molar-refractivity contribution in [2.45, 2.75) is 38.5 Å². The van der Waals surface area contributed by atoms with Crippen molar-refractivity contribution in [1.82, 2.24) is 4.90 Å². The molecule has 0 aromatic heterocycles. The lowest BCUT2D eigenvalue weighted by atomic mass is 10.1. The quantitative estimate of drug-likeness (QED) is 0.121. The summed E-state index contributed by atoms with van der Waals surface area (Å²) in [5, 5.41) is 11.3. The molecule has 0 heterocycles. The molecule has 5 aromatic carbocycles. The second-order valence-electron chi connectivity index (χ2n) is 11.0. The summed E-state index contributed by atoms with van der Waals surface area (Å²) in [7, 11) is 0. The van der Waals surface area contributed by atoms with Gasteiger partial charge in [-0.05, 0) is 39.9 Å². The van der Waals surface area contributed by atoms with Crippen LogP contribution in [0.3, 0.4) is 0 Å². The minimum Gasteiger partial charge on any atom is -0.491 e. The fourth-order valence-corrected chi connectivity index (χ4v) is 5.03. The van der Waals surface area contributed by atoms with Gasteiger partial charge in [0, 0.05) is 19.6 Å². The average Bonchev–Trinajstić information content (AvgIpc) is 3.07. The molecule has 5 heteroatoms. The Morgan fingerprint density at radius 3 is 1.64 bits per heavy atom. The maximum atomic E-state index is 11.3. The van der Waals surface area contributed by atoms with Crippen molar-refractivity contribution in [1.29, 1.82) is 0 Å². The second kappa shape index (κ2) is 17.1. The molecule has 0 bridgehead atoms. The molecule has 44 heavy (non-hydrogen) atoms. The van der Waals surface area contributed by atoms with E-state index in [1.807, 2.05) is 97.1 Å².